The average molecular weight is 643 g/mol. The molecule has 238 valence electrons. The Hall–Kier alpha value is -5.50. The molecular formula is C33H30F2N10O2. The van der Waals surface area contributed by atoms with E-state index >= 15 is 0 Å². The smallest absolute Gasteiger partial charge is 0.245 e. The third-order valence-electron chi connectivity index (χ3n) is 8.58. The fourth-order valence-corrected chi connectivity index (χ4v) is 6.47. The van der Waals surface area contributed by atoms with Crippen LogP contribution in [0.25, 0.3) is 39.0 Å². The van der Waals surface area contributed by atoms with Crippen LogP contribution in [-0.4, -0.2) is 90.4 Å². The Kier molecular flexibility index (Phi) is 5.55. The molecule has 2 aliphatic rings. The number of hydrogen-bond donors (Lipinski definition) is 1. The van der Waals surface area contributed by atoms with E-state index < -0.39 is 56.3 Å². The summed E-state index contributed by atoms with van der Waals surface area (Å²) in [5.74, 6) is -1.77. The van der Waals surface area contributed by atoms with Gasteiger partial charge in [0.1, 0.15) is 35.5 Å². The van der Waals surface area contributed by atoms with Gasteiger partial charge in [-0.1, -0.05) is 18.2 Å². The summed E-state index contributed by atoms with van der Waals surface area (Å²) < 4.78 is 86.0. The lowest BCUT2D eigenvalue weighted by Crippen LogP contribution is -2.47. The first-order valence-electron chi connectivity index (χ1n) is 17.8. The Bertz CT molecular complexity index is 2370. The maximum Gasteiger partial charge on any atom is 0.245 e. The Balaban J connectivity index is 1.26. The molecule has 6 aromatic rings. The molecule has 4 aromatic heterocycles. The number of pyridine rings is 1. The maximum absolute atomic E-state index is 14.9. The lowest BCUT2D eigenvalue weighted by Gasteiger charge is -2.30. The zero-order valence-corrected chi connectivity index (χ0v) is 24.6. The van der Waals surface area contributed by atoms with Crippen LogP contribution in [0.1, 0.15) is 14.6 Å². The Morgan fingerprint density at radius 3 is 2.83 bits per heavy atom. The van der Waals surface area contributed by atoms with Crippen LogP contribution >= 0.6 is 0 Å². The zero-order valence-electron chi connectivity index (χ0n) is 30.6. The molecule has 0 saturated carbocycles. The molecule has 1 N–H and O–H groups in total. The number of carbonyl (C=O) groups excluding carboxylic acids is 1. The molecule has 47 heavy (non-hydrogen) atoms. The van der Waals surface area contributed by atoms with E-state index in [9.17, 15) is 13.6 Å². The number of carbonyl (C=O) groups is 1. The van der Waals surface area contributed by atoms with Crippen molar-refractivity contribution in [2.24, 2.45) is 0 Å². The first kappa shape index (κ1) is 22.9. The number of hydrogen-bond acceptors (Lipinski definition) is 9. The number of amides is 1. The van der Waals surface area contributed by atoms with E-state index in [-0.39, 0.29) is 36.7 Å². The molecule has 6 heterocycles. The van der Waals surface area contributed by atoms with E-state index in [2.05, 4.69) is 25.4 Å². The number of aromatic nitrogens is 7. The Labute approximate surface area is 276 Å². The van der Waals surface area contributed by atoms with Gasteiger partial charge in [0.15, 0.2) is 11.5 Å². The quantitative estimate of drug-likeness (QED) is 0.305. The summed E-state index contributed by atoms with van der Waals surface area (Å²) in [6.45, 7) is -3.64. The number of methoxy groups -OCH3 is 1. The topological polar surface area (TPSA) is 119 Å². The van der Waals surface area contributed by atoms with E-state index in [0.717, 1.165) is 12.1 Å². The van der Waals surface area contributed by atoms with Crippen molar-refractivity contribution >= 4 is 39.6 Å². The highest BCUT2D eigenvalue weighted by Gasteiger charge is 2.40. The molecule has 12 nitrogen and oxygen atoms in total. The zero-order chi connectivity index (χ0) is 37.2. The Morgan fingerprint density at radius 1 is 1.04 bits per heavy atom. The summed E-state index contributed by atoms with van der Waals surface area (Å²) in [6.07, 6.45) is 2.88. The second kappa shape index (κ2) is 11.4. The monoisotopic (exact) mass is 642 g/mol. The molecule has 0 radical (unpaired) electrons. The summed E-state index contributed by atoms with van der Waals surface area (Å²) in [5, 5.41) is 8.01. The molecule has 2 aliphatic heterocycles. The second-order valence-corrected chi connectivity index (χ2v) is 11.5. The summed E-state index contributed by atoms with van der Waals surface area (Å²) >= 11 is 0. The number of halogens is 2. The largest absolute Gasteiger partial charge is 0.378 e. The van der Waals surface area contributed by atoms with Crippen LogP contribution in [0.4, 0.5) is 20.4 Å². The van der Waals surface area contributed by atoms with Crippen LogP contribution in [-0.2, 0) is 16.1 Å². The molecule has 14 heteroatoms. The molecule has 1 unspecified atom stereocenters. The summed E-state index contributed by atoms with van der Waals surface area (Å²) in [6, 6.07) is 12.3. The number of fused-ring (bicyclic) bond motifs is 6. The van der Waals surface area contributed by atoms with Crippen LogP contribution < -0.4 is 10.2 Å². The van der Waals surface area contributed by atoms with Crippen LogP contribution in [0.2, 0.25) is 0 Å². The molecule has 1 saturated heterocycles. The van der Waals surface area contributed by atoms with Gasteiger partial charge < -0.3 is 24.4 Å². The van der Waals surface area contributed by atoms with Crippen LogP contribution in [0.5, 0.6) is 0 Å². The highest BCUT2D eigenvalue weighted by atomic mass is 19.1. The van der Waals surface area contributed by atoms with E-state index in [1.807, 2.05) is 24.3 Å². The second-order valence-electron chi connectivity index (χ2n) is 11.5. The number of rotatable bonds is 3. The molecular weight excluding hydrogens is 606 g/mol. The predicted octanol–water partition coefficient (Wildman–Crippen LogP) is 4.05. The normalized spacial score (nSPS) is 22.4. The number of likely N-dealkylation sites (N-methyl/N-ethyl adjacent to an activating group) is 1. The number of benzene rings is 2. The first-order valence-corrected chi connectivity index (χ1v) is 14.8. The van der Waals surface area contributed by atoms with Crippen LogP contribution in [0.15, 0.2) is 73.4 Å². The maximum atomic E-state index is 14.9. The van der Waals surface area contributed by atoms with E-state index in [0.29, 0.717) is 38.4 Å². The van der Waals surface area contributed by atoms with Crippen LogP contribution in [0.3, 0.4) is 0 Å². The van der Waals surface area contributed by atoms with E-state index in [1.165, 1.54) is 29.6 Å². The van der Waals surface area contributed by atoms with Crippen molar-refractivity contribution in [2.75, 3.05) is 37.3 Å². The van der Waals surface area contributed by atoms with Gasteiger partial charge in [-0.3, -0.25) is 4.79 Å². The molecule has 3 atom stereocenters. The summed E-state index contributed by atoms with van der Waals surface area (Å²) in [5.41, 5.74) is 2.59. The molecule has 0 spiro atoms. The van der Waals surface area contributed by atoms with Crippen molar-refractivity contribution in [3.63, 3.8) is 0 Å². The SMILES string of the molecule is [2H]C([2H])([2H])OC1CN(C([2H])([2H])[2H])C(=O)[C@@H]2C[C@@H](CN2c2ncnc3c2cnn3-c2ccc(F)cc2F)Nc2cccc(n2)-c2cccc3ncn(c23)C1. The van der Waals surface area contributed by atoms with Crippen molar-refractivity contribution in [1.29, 1.82) is 0 Å². The van der Waals surface area contributed by atoms with Gasteiger partial charge >= 0.3 is 0 Å². The molecule has 2 aromatic carbocycles. The van der Waals surface area contributed by atoms with Gasteiger partial charge in [0.05, 0.1) is 51.4 Å². The van der Waals surface area contributed by atoms with Crippen molar-refractivity contribution in [3.8, 4) is 16.9 Å². The highest BCUT2D eigenvalue weighted by molar-refractivity contribution is 5.93. The van der Waals surface area contributed by atoms with Gasteiger partial charge in [0.25, 0.3) is 0 Å². The number of ether oxygens (including phenoxy) is 1. The number of imidazole rings is 1. The van der Waals surface area contributed by atoms with Gasteiger partial charge in [-0.2, -0.15) is 5.10 Å². The molecule has 1 fully saturated rings. The lowest BCUT2D eigenvalue weighted by molar-refractivity contribution is -0.132. The van der Waals surface area contributed by atoms with E-state index in [1.54, 1.807) is 21.6 Å². The summed E-state index contributed by atoms with van der Waals surface area (Å²) in [4.78, 5) is 35.1. The van der Waals surface area contributed by atoms with Crippen LogP contribution in [0, 0.1) is 11.6 Å². The number of anilines is 2. The number of nitrogens with zero attached hydrogens (tertiary/aromatic N) is 9. The van der Waals surface area contributed by atoms with Crippen molar-refractivity contribution in [1.82, 2.24) is 39.2 Å². The number of para-hydroxylation sites is 1. The van der Waals surface area contributed by atoms with Crippen molar-refractivity contribution in [3.05, 3.63) is 85.1 Å². The minimum atomic E-state index is -3.01. The molecule has 0 aliphatic carbocycles. The fourth-order valence-electron chi connectivity index (χ4n) is 6.47. The van der Waals surface area contributed by atoms with Gasteiger partial charge in [-0.25, -0.2) is 33.4 Å². The number of nitrogens with one attached hydrogen (secondary N) is 1. The Morgan fingerprint density at radius 2 is 1.96 bits per heavy atom. The predicted molar refractivity (Wildman–Crippen MR) is 171 cm³/mol. The van der Waals surface area contributed by atoms with Crippen molar-refractivity contribution < 1.29 is 26.5 Å². The van der Waals surface area contributed by atoms with Gasteiger partial charge in [0.2, 0.25) is 5.91 Å². The minimum Gasteiger partial charge on any atom is -0.378 e. The lowest BCUT2D eigenvalue weighted by atomic mass is 10.1. The van der Waals surface area contributed by atoms with Gasteiger partial charge in [-0.15, -0.1) is 0 Å². The third kappa shape index (κ3) is 5.01. The molecule has 1 amide bonds. The minimum absolute atomic E-state index is 0.0716. The third-order valence-corrected chi connectivity index (χ3v) is 8.58. The summed E-state index contributed by atoms with van der Waals surface area (Å²) in [7, 11) is -2.93. The van der Waals surface area contributed by atoms with Gasteiger partial charge in [-0.05, 0) is 36.8 Å². The van der Waals surface area contributed by atoms with Gasteiger partial charge in [0, 0.05) is 48.9 Å². The average Bonchev–Trinajstić information content (AvgIpc) is 3.83. The van der Waals surface area contributed by atoms with E-state index in [4.69, 9.17) is 17.9 Å². The fraction of sp³-hybridized carbons (Fsp3) is 0.273. The molecule has 8 rings (SSSR count). The van der Waals surface area contributed by atoms with Crippen molar-refractivity contribution in [2.45, 2.75) is 31.2 Å². The first-order chi connectivity index (χ1) is 25.2. The molecule has 4 bridgehead atoms. The highest BCUT2D eigenvalue weighted by Crippen LogP contribution is 2.34. The standard InChI is InChI=1S/C33H30F2N10O2/c1-42-15-21(47-2)16-43-18-38-26-7-3-5-22(30(26)43)25-6-4-8-29(41-25)40-20-12-28(33(42)46)44(14-20)31-23-13-39-45(32(23)37-17-36-31)27-10-9-19(34)11-24(27)35/h3-11,13,17-18,20-21,28H,12,14-16H2,1-2H3,(H,40,41)/t20-,21?,28-/m0/s1/i1D3,2D3.